The molecule has 0 aliphatic heterocycles. The Kier molecular flexibility index (Phi) is 6.81. The number of carbonyl (C=O) groups excluding carboxylic acids is 3. The minimum Gasteiger partial charge on any atom is -0.457 e. The highest BCUT2D eigenvalue weighted by Crippen LogP contribution is 2.42. The maximum Gasteiger partial charge on any atom is 0.317 e. The van der Waals surface area contributed by atoms with Gasteiger partial charge in [-0.05, 0) is 49.1 Å². The van der Waals surface area contributed by atoms with Gasteiger partial charge in [0.1, 0.15) is 0 Å². The lowest BCUT2D eigenvalue weighted by molar-refractivity contribution is -0.149. The van der Waals surface area contributed by atoms with Gasteiger partial charge in [0, 0.05) is 17.7 Å². The summed E-state index contributed by atoms with van der Waals surface area (Å²) in [7, 11) is 0. The molecule has 152 valence electrons. The molecular weight excluding hydrogens is 366 g/mol. The third kappa shape index (κ3) is 4.91. The van der Waals surface area contributed by atoms with E-state index in [9.17, 15) is 14.4 Å². The first-order valence-electron chi connectivity index (χ1n) is 10.2. The Bertz CT molecular complexity index is 852. The van der Waals surface area contributed by atoms with E-state index in [0.29, 0.717) is 17.7 Å². The van der Waals surface area contributed by atoms with E-state index in [1.54, 1.807) is 24.3 Å². The topological polar surface area (TPSA) is 72.5 Å². The Morgan fingerprint density at radius 1 is 0.966 bits per heavy atom. The highest BCUT2D eigenvalue weighted by Gasteiger charge is 2.44. The van der Waals surface area contributed by atoms with Crippen molar-refractivity contribution in [1.82, 2.24) is 0 Å². The Balaban J connectivity index is 1.61. The molecule has 29 heavy (non-hydrogen) atoms. The van der Waals surface area contributed by atoms with Crippen LogP contribution in [0, 0.1) is 0 Å². The van der Waals surface area contributed by atoms with E-state index in [1.165, 1.54) is 0 Å². The molecule has 0 spiro atoms. The maximum atomic E-state index is 12.9. The lowest BCUT2D eigenvalue weighted by Gasteiger charge is -2.27. The molecule has 5 nitrogen and oxygen atoms in total. The summed E-state index contributed by atoms with van der Waals surface area (Å²) in [4.78, 5) is 37.0. The van der Waals surface area contributed by atoms with Gasteiger partial charge >= 0.3 is 5.97 Å². The van der Waals surface area contributed by atoms with Gasteiger partial charge in [-0.25, -0.2) is 0 Å². The molecule has 2 aromatic carbocycles. The molecule has 0 heterocycles. The summed E-state index contributed by atoms with van der Waals surface area (Å²) in [5.41, 5.74) is 1.41. The van der Waals surface area contributed by atoms with Gasteiger partial charge < -0.3 is 10.1 Å². The van der Waals surface area contributed by atoms with Crippen molar-refractivity contribution in [1.29, 1.82) is 0 Å². The number of ether oxygens (including phenoxy) is 1. The molecule has 0 saturated heterocycles. The number of hydrogen-bond acceptors (Lipinski definition) is 4. The Morgan fingerprint density at radius 3 is 2.24 bits per heavy atom. The van der Waals surface area contributed by atoms with Crippen molar-refractivity contribution in [3.8, 4) is 0 Å². The van der Waals surface area contributed by atoms with Crippen molar-refractivity contribution in [3.05, 3.63) is 65.7 Å². The van der Waals surface area contributed by atoms with Crippen LogP contribution in [0.2, 0.25) is 0 Å². The quantitative estimate of drug-likeness (QED) is 0.523. The normalized spacial score (nSPS) is 14.9. The molecule has 1 aliphatic rings. The van der Waals surface area contributed by atoms with Crippen molar-refractivity contribution in [2.45, 2.75) is 50.9 Å². The van der Waals surface area contributed by atoms with Gasteiger partial charge in [-0.15, -0.1) is 0 Å². The summed E-state index contributed by atoms with van der Waals surface area (Å²) < 4.78 is 5.47. The summed E-state index contributed by atoms with van der Waals surface area (Å²) in [6, 6.07) is 16.3. The predicted molar refractivity (Wildman–Crippen MR) is 112 cm³/mol. The Hall–Kier alpha value is -2.95. The van der Waals surface area contributed by atoms with Crippen LogP contribution in [-0.2, 0) is 19.7 Å². The van der Waals surface area contributed by atoms with Gasteiger partial charge in [0.05, 0.1) is 5.41 Å². The molecule has 3 rings (SSSR count). The summed E-state index contributed by atoms with van der Waals surface area (Å²) in [6.45, 7) is 1.66. The lowest BCUT2D eigenvalue weighted by Crippen LogP contribution is -2.35. The van der Waals surface area contributed by atoms with Crippen LogP contribution in [0.4, 0.5) is 5.69 Å². The minimum atomic E-state index is -0.644. The van der Waals surface area contributed by atoms with Gasteiger partial charge in [0.2, 0.25) is 5.91 Å². The first-order chi connectivity index (χ1) is 14.0. The minimum absolute atomic E-state index is 0.0525. The molecule has 0 radical (unpaired) electrons. The molecule has 1 fully saturated rings. The number of rotatable bonds is 8. The Morgan fingerprint density at radius 2 is 1.62 bits per heavy atom. The van der Waals surface area contributed by atoms with Crippen molar-refractivity contribution < 1.29 is 19.1 Å². The number of Topliss-reactive ketones (excluding diaryl/α,β-unsaturated/α-hetero) is 1. The van der Waals surface area contributed by atoms with Crippen LogP contribution in [0.5, 0.6) is 0 Å². The van der Waals surface area contributed by atoms with Gasteiger partial charge in [-0.1, -0.05) is 50.1 Å². The molecule has 5 heteroatoms. The van der Waals surface area contributed by atoms with Crippen molar-refractivity contribution in [3.63, 3.8) is 0 Å². The Labute approximate surface area is 171 Å². The van der Waals surface area contributed by atoms with Crippen LogP contribution in [0.25, 0.3) is 0 Å². The molecule has 2 aromatic rings. The van der Waals surface area contributed by atoms with Gasteiger partial charge in [-0.2, -0.15) is 0 Å². The summed E-state index contributed by atoms with van der Waals surface area (Å²) in [5.74, 6) is -0.632. The van der Waals surface area contributed by atoms with E-state index in [2.05, 4.69) is 5.32 Å². The molecule has 0 aromatic heterocycles. The zero-order chi connectivity index (χ0) is 20.7. The lowest BCUT2D eigenvalue weighted by atomic mass is 9.79. The van der Waals surface area contributed by atoms with Gasteiger partial charge in [0.25, 0.3) is 0 Å². The molecular formula is C24H27NO4. The van der Waals surface area contributed by atoms with E-state index in [4.69, 9.17) is 4.74 Å². The van der Waals surface area contributed by atoms with Crippen molar-refractivity contribution in [2.24, 2.45) is 0 Å². The van der Waals surface area contributed by atoms with E-state index in [0.717, 1.165) is 37.7 Å². The smallest absolute Gasteiger partial charge is 0.317 e. The van der Waals surface area contributed by atoms with Crippen LogP contribution in [0.1, 0.15) is 61.4 Å². The summed E-state index contributed by atoms with van der Waals surface area (Å²) >= 11 is 0. The summed E-state index contributed by atoms with van der Waals surface area (Å²) in [6.07, 6.45) is 4.68. The average Bonchev–Trinajstić information content (AvgIpc) is 3.24. The van der Waals surface area contributed by atoms with Crippen LogP contribution >= 0.6 is 0 Å². The standard InChI is InChI=1S/C24H27NO4/c1-2-8-22(27)25-20-13-11-18(12-14-20)21(26)17-29-23(28)24(15-6-7-16-24)19-9-4-3-5-10-19/h3-5,9-14H,2,6-8,15-17H2,1H3,(H,25,27). The monoisotopic (exact) mass is 393 g/mol. The first-order valence-corrected chi connectivity index (χ1v) is 10.2. The zero-order valence-electron chi connectivity index (χ0n) is 16.8. The summed E-state index contributed by atoms with van der Waals surface area (Å²) in [5, 5.41) is 2.78. The van der Waals surface area contributed by atoms with E-state index >= 15 is 0 Å². The molecule has 0 atom stereocenters. The van der Waals surface area contributed by atoms with E-state index < -0.39 is 5.41 Å². The second kappa shape index (κ2) is 9.50. The SMILES string of the molecule is CCCC(=O)Nc1ccc(C(=O)COC(=O)C2(c3ccccc3)CCCC2)cc1. The molecule has 1 amide bonds. The number of esters is 1. The first kappa shape index (κ1) is 20.8. The fraction of sp³-hybridized carbons (Fsp3) is 0.375. The number of amides is 1. The molecule has 1 N–H and O–H groups in total. The van der Waals surface area contributed by atoms with Crippen molar-refractivity contribution in [2.75, 3.05) is 11.9 Å². The van der Waals surface area contributed by atoms with Crippen molar-refractivity contribution >= 4 is 23.3 Å². The number of carbonyl (C=O) groups is 3. The molecule has 0 bridgehead atoms. The van der Waals surface area contributed by atoms with E-state index in [1.807, 2.05) is 37.3 Å². The third-order valence-corrected chi connectivity index (χ3v) is 5.48. The fourth-order valence-electron chi connectivity index (χ4n) is 3.89. The number of nitrogens with one attached hydrogen (secondary N) is 1. The number of hydrogen-bond donors (Lipinski definition) is 1. The molecule has 1 aliphatic carbocycles. The average molecular weight is 393 g/mol. The third-order valence-electron chi connectivity index (χ3n) is 5.48. The second-order valence-electron chi connectivity index (χ2n) is 7.53. The maximum absolute atomic E-state index is 12.9. The van der Waals surface area contributed by atoms with Crippen LogP contribution in [0.15, 0.2) is 54.6 Å². The van der Waals surface area contributed by atoms with Crippen LogP contribution < -0.4 is 5.32 Å². The molecule has 1 saturated carbocycles. The van der Waals surface area contributed by atoms with Crippen LogP contribution in [0.3, 0.4) is 0 Å². The fourth-order valence-corrected chi connectivity index (χ4v) is 3.89. The number of benzene rings is 2. The van der Waals surface area contributed by atoms with Gasteiger partial charge in [-0.3, -0.25) is 14.4 Å². The highest BCUT2D eigenvalue weighted by atomic mass is 16.5. The number of anilines is 1. The zero-order valence-corrected chi connectivity index (χ0v) is 16.8. The van der Waals surface area contributed by atoms with Crippen LogP contribution in [-0.4, -0.2) is 24.3 Å². The molecule has 0 unspecified atom stereocenters. The second-order valence-corrected chi connectivity index (χ2v) is 7.53. The number of ketones is 1. The van der Waals surface area contributed by atoms with Gasteiger partial charge in [0.15, 0.2) is 12.4 Å². The van der Waals surface area contributed by atoms with E-state index in [-0.39, 0.29) is 24.3 Å². The highest BCUT2D eigenvalue weighted by molar-refractivity contribution is 5.99. The largest absolute Gasteiger partial charge is 0.457 e. The predicted octanol–water partition coefficient (Wildman–Crippen LogP) is 4.66.